The second-order valence-corrected chi connectivity index (χ2v) is 3.41. The number of hydrogen-bond acceptors (Lipinski definition) is 4. The van der Waals surface area contributed by atoms with Gasteiger partial charge in [0.25, 0.3) is 5.91 Å². The van der Waals surface area contributed by atoms with Gasteiger partial charge < -0.3 is 15.6 Å². The number of halogens is 1. The first-order chi connectivity index (χ1) is 8.16. The van der Waals surface area contributed by atoms with E-state index in [9.17, 15) is 9.18 Å². The van der Waals surface area contributed by atoms with Crippen molar-refractivity contribution in [3.63, 3.8) is 0 Å². The molecule has 5 nitrogen and oxygen atoms in total. The van der Waals surface area contributed by atoms with Crippen LogP contribution in [0.1, 0.15) is 16.1 Å². The number of anilines is 1. The number of rotatable bonds is 3. The van der Waals surface area contributed by atoms with Crippen LogP contribution in [0.15, 0.2) is 35.1 Å². The molecule has 0 aliphatic rings. The predicted octanol–water partition coefficient (Wildman–Crippen LogP) is 1.33. The summed E-state index contributed by atoms with van der Waals surface area (Å²) in [7, 11) is 0. The maximum Gasteiger partial charge on any atom is 0.251 e. The molecular formula is C11H10FN3O2. The van der Waals surface area contributed by atoms with Crippen molar-refractivity contribution in [3.8, 4) is 0 Å². The third-order valence-corrected chi connectivity index (χ3v) is 2.18. The number of benzene rings is 1. The van der Waals surface area contributed by atoms with E-state index in [2.05, 4.69) is 15.0 Å². The molecule has 1 amide bonds. The monoisotopic (exact) mass is 235 g/mol. The molecule has 0 bridgehead atoms. The zero-order chi connectivity index (χ0) is 12.3. The van der Waals surface area contributed by atoms with Gasteiger partial charge in [0.2, 0.25) is 0 Å². The molecule has 88 valence electrons. The fraction of sp³-hybridized carbons (Fsp3) is 0.0909. The molecule has 1 heterocycles. The van der Waals surface area contributed by atoms with E-state index in [0.717, 1.165) is 6.07 Å². The van der Waals surface area contributed by atoms with E-state index in [1.807, 2.05) is 0 Å². The van der Waals surface area contributed by atoms with Crippen molar-refractivity contribution in [2.24, 2.45) is 0 Å². The number of nitrogens with one attached hydrogen (secondary N) is 1. The quantitative estimate of drug-likeness (QED) is 0.786. The average molecular weight is 235 g/mol. The molecule has 2 aromatic rings. The number of amides is 1. The number of carbonyl (C=O) groups excluding carboxylic acids is 1. The van der Waals surface area contributed by atoms with Gasteiger partial charge in [-0.3, -0.25) is 4.79 Å². The lowest BCUT2D eigenvalue weighted by molar-refractivity contribution is 0.0949. The van der Waals surface area contributed by atoms with Gasteiger partial charge in [0.15, 0.2) is 0 Å². The van der Waals surface area contributed by atoms with Crippen LogP contribution in [0.2, 0.25) is 0 Å². The first-order valence-electron chi connectivity index (χ1n) is 4.89. The van der Waals surface area contributed by atoms with Gasteiger partial charge in [-0.15, -0.1) is 0 Å². The molecule has 1 aromatic carbocycles. The lowest BCUT2D eigenvalue weighted by Gasteiger charge is -2.04. The standard InChI is InChI=1S/C11H10FN3O2/c12-9-5-7(1-2-10(9)13)11(16)14-6-8-3-4-17-15-8/h1-5H,6,13H2,(H,14,16). The highest BCUT2D eigenvalue weighted by Crippen LogP contribution is 2.11. The third kappa shape index (κ3) is 2.60. The van der Waals surface area contributed by atoms with Gasteiger partial charge in [-0.1, -0.05) is 5.16 Å². The first-order valence-corrected chi connectivity index (χ1v) is 4.89. The molecule has 0 spiro atoms. The highest BCUT2D eigenvalue weighted by Gasteiger charge is 2.08. The molecule has 17 heavy (non-hydrogen) atoms. The molecule has 0 unspecified atom stereocenters. The van der Waals surface area contributed by atoms with Crippen LogP contribution < -0.4 is 11.1 Å². The molecule has 1 aromatic heterocycles. The Balaban J connectivity index is 2.02. The van der Waals surface area contributed by atoms with Crippen molar-refractivity contribution in [1.82, 2.24) is 10.5 Å². The van der Waals surface area contributed by atoms with Crippen LogP contribution in [-0.2, 0) is 6.54 Å². The fourth-order valence-electron chi connectivity index (χ4n) is 1.27. The van der Waals surface area contributed by atoms with Gasteiger partial charge in [0.05, 0.1) is 12.2 Å². The van der Waals surface area contributed by atoms with Gasteiger partial charge in [0.1, 0.15) is 17.8 Å². The number of carbonyl (C=O) groups is 1. The first kappa shape index (κ1) is 11.1. The van der Waals surface area contributed by atoms with Crippen LogP contribution >= 0.6 is 0 Å². The highest BCUT2D eigenvalue weighted by molar-refractivity contribution is 5.94. The Morgan fingerprint density at radius 3 is 2.94 bits per heavy atom. The minimum Gasteiger partial charge on any atom is -0.396 e. The normalized spacial score (nSPS) is 10.2. The predicted molar refractivity (Wildman–Crippen MR) is 58.5 cm³/mol. The van der Waals surface area contributed by atoms with E-state index in [1.54, 1.807) is 6.07 Å². The highest BCUT2D eigenvalue weighted by atomic mass is 19.1. The second-order valence-electron chi connectivity index (χ2n) is 3.41. The van der Waals surface area contributed by atoms with Gasteiger partial charge in [-0.2, -0.15) is 0 Å². The van der Waals surface area contributed by atoms with E-state index in [1.165, 1.54) is 18.4 Å². The van der Waals surface area contributed by atoms with Crippen LogP contribution in [0.3, 0.4) is 0 Å². The van der Waals surface area contributed by atoms with Crippen molar-refractivity contribution < 1.29 is 13.7 Å². The minimum absolute atomic E-state index is 0.0121. The van der Waals surface area contributed by atoms with Crippen LogP contribution in [0, 0.1) is 5.82 Å². The Bertz CT molecular complexity index is 526. The minimum atomic E-state index is -0.612. The van der Waals surface area contributed by atoms with Crippen molar-refractivity contribution in [2.75, 3.05) is 5.73 Å². The molecule has 6 heteroatoms. The van der Waals surface area contributed by atoms with Gasteiger partial charge in [0, 0.05) is 11.6 Å². The SMILES string of the molecule is Nc1ccc(C(=O)NCc2ccon2)cc1F. The summed E-state index contributed by atoms with van der Waals surface area (Å²) in [5, 5.41) is 6.21. The van der Waals surface area contributed by atoms with Crippen LogP contribution in [0.5, 0.6) is 0 Å². The number of aromatic nitrogens is 1. The van der Waals surface area contributed by atoms with E-state index < -0.39 is 11.7 Å². The number of nitrogen functional groups attached to an aromatic ring is 1. The molecule has 0 aliphatic heterocycles. The van der Waals surface area contributed by atoms with Gasteiger partial charge in [-0.25, -0.2) is 4.39 Å². The van der Waals surface area contributed by atoms with Crippen molar-refractivity contribution in [1.29, 1.82) is 0 Å². The summed E-state index contributed by atoms with van der Waals surface area (Å²) in [6.45, 7) is 0.224. The lowest BCUT2D eigenvalue weighted by Crippen LogP contribution is -2.23. The van der Waals surface area contributed by atoms with Crippen molar-refractivity contribution in [3.05, 3.63) is 47.6 Å². The van der Waals surface area contributed by atoms with E-state index in [-0.39, 0.29) is 17.8 Å². The molecule has 2 rings (SSSR count). The number of nitrogens with two attached hydrogens (primary N) is 1. The summed E-state index contributed by atoms with van der Waals surface area (Å²) in [6.07, 6.45) is 1.41. The average Bonchev–Trinajstić information content (AvgIpc) is 2.82. The summed E-state index contributed by atoms with van der Waals surface area (Å²) < 4.78 is 17.7. The topological polar surface area (TPSA) is 81.2 Å². The Labute approximate surface area is 96.4 Å². The van der Waals surface area contributed by atoms with Crippen LogP contribution in [0.4, 0.5) is 10.1 Å². The molecule has 3 N–H and O–H groups in total. The summed E-state index contributed by atoms with van der Waals surface area (Å²) in [6, 6.07) is 5.52. The number of nitrogens with zero attached hydrogens (tertiary/aromatic N) is 1. The van der Waals surface area contributed by atoms with E-state index in [4.69, 9.17) is 5.73 Å². The summed E-state index contributed by atoms with van der Waals surface area (Å²) in [5.74, 6) is -1.01. The summed E-state index contributed by atoms with van der Waals surface area (Å²) in [5.41, 5.74) is 6.12. The Hall–Kier alpha value is -2.37. The van der Waals surface area contributed by atoms with Crippen LogP contribution in [-0.4, -0.2) is 11.1 Å². The molecule has 0 atom stereocenters. The zero-order valence-corrected chi connectivity index (χ0v) is 8.81. The van der Waals surface area contributed by atoms with E-state index >= 15 is 0 Å². The summed E-state index contributed by atoms with van der Waals surface area (Å²) >= 11 is 0. The second kappa shape index (κ2) is 4.65. The molecule has 0 fully saturated rings. The third-order valence-electron chi connectivity index (χ3n) is 2.18. The van der Waals surface area contributed by atoms with E-state index in [0.29, 0.717) is 5.69 Å². The van der Waals surface area contributed by atoms with Crippen LogP contribution in [0.25, 0.3) is 0 Å². The zero-order valence-electron chi connectivity index (χ0n) is 8.81. The molecule has 0 saturated heterocycles. The van der Waals surface area contributed by atoms with Crippen molar-refractivity contribution >= 4 is 11.6 Å². The fourth-order valence-corrected chi connectivity index (χ4v) is 1.27. The molecule has 0 aliphatic carbocycles. The molecule has 0 saturated carbocycles. The Morgan fingerprint density at radius 2 is 2.29 bits per heavy atom. The van der Waals surface area contributed by atoms with Gasteiger partial charge >= 0.3 is 0 Å². The maximum atomic E-state index is 13.1. The van der Waals surface area contributed by atoms with Gasteiger partial charge in [-0.05, 0) is 18.2 Å². The maximum absolute atomic E-state index is 13.1. The lowest BCUT2D eigenvalue weighted by atomic mass is 10.2. The Kier molecular flexibility index (Phi) is 3.04. The smallest absolute Gasteiger partial charge is 0.251 e. The number of hydrogen-bond donors (Lipinski definition) is 2. The largest absolute Gasteiger partial charge is 0.396 e. The molecular weight excluding hydrogens is 225 g/mol. The molecule has 0 radical (unpaired) electrons. The van der Waals surface area contributed by atoms with Crippen molar-refractivity contribution in [2.45, 2.75) is 6.54 Å². The summed E-state index contributed by atoms with van der Waals surface area (Å²) in [4.78, 5) is 11.6. The Morgan fingerprint density at radius 1 is 1.47 bits per heavy atom.